The summed E-state index contributed by atoms with van der Waals surface area (Å²) in [5.41, 5.74) is 0.248. The van der Waals surface area contributed by atoms with Crippen LogP contribution in [-0.4, -0.2) is 27.4 Å². The van der Waals surface area contributed by atoms with Gasteiger partial charge in [-0.15, -0.1) is 0 Å². The highest BCUT2D eigenvalue weighted by Crippen LogP contribution is 2.27. The van der Waals surface area contributed by atoms with Gasteiger partial charge in [-0.1, -0.05) is 34.8 Å². The minimum absolute atomic E-state index is 0.0353. The Morgan fingerprint density at radius 3 is 2.60 bits per heavy atom. The summed E-state index contributed by atoms with van der Waals surface area (Å²) in [7, 11) is 0. The molecule has 0 amide bonds. The van der Waals surface area contributed by atoms with Crippen LogP contribution in [0.1, 0.15) is 0 Å². The summed E-state index contributed by atoms with van der Waals surface area (Å²) in [5.74, 6) is 0.406. The molecule has 1 aromatic heterocycles. The maximum atomic E-state index is 12.4. The van der Waals surface area contributed by atoms with Gasteiger partial charge >= 0.3 is 0 Å². The Morgan fingerprint density at radius 1 is 1.12 bits per heavy atom. The maximum Gasteiger partial charge on any atom is 0.261 e. The molecule has 3 aromatic rings. The van der Waals surface area contributed by atoms with Gasteiger partial charge in [0.1, 0.15) is 18.5 Å². The third kappa shape index (κ3) is 4.25. The molecule has 0 bridgehead atoms. The SMILES string of the molecule is O=c1c2ccc(Cl)cc2ncn1C[C@H](O)COc1ccc(Cl)cc1Cl. The lowest BCUT2D eigenvalue weighted by atomic mass is 10.2. The average molecular weight is 400 g/mol. The van der Waals surface area contributed by atoms with E-state index < -0.39 is 6.10 Å². The summed E-state index contributed by atoms with van der Waals surface area (Å²) in [6, 6.07) is 9.65. The number of hydrogen-bond acceptors (Lipinski definition) is 4. The summed E-state index contributed by atoms with van der Waals surface area (Å²) in [5, 5.41) is 11.9. The fourth-order valence-electron chi connectivity index (χ4n) is 2.32. The third-order valence-corrected chi connectivity index (χ3v) is 4.29. The second-order valence-corrected chi connectivity index (χ2v) is 6.68. The van der Waals surface area contributed by atoms with Gasteiger partial charge in [-0.2, -0.15) is 0 Å². The molecular weight excluding hydrogens is 387 g/mol. The molecule has 1 heterocycles. The first-order valence-electron chi connectivity index (χ1n) is 7.34. The number of rotatable bonds is 5. The number of aliphatic hydroxyl groups excluding tert-OH is 1. The summed E-state index contributed by atoms with van der Waals surface area (Å²) in [6.45, 7) is 0.00204. The summed E-state index contributed by atoms with van der Waals surface area (Å²) < 4.78 is 6.80. The lowest BCUT2D eigenvalue weighted by Crippen LogP contribution is -2.30. The van der Waals surface area contributed by atoms with Gasteiger partial charge in [-0.3, -0.25) is 9.36 Å². The van der Waals surface area contributed by atoms with E-state index in [-0.39, 0.29) is 18.7 Å². The van der Waals surface area contributed by atoms with Gasteiger partial charge in [0.2, 0.25) is 0 Å². The molecule has 3 rings (SSSR count). The second-order valence-electron chi connectivity index (χ2n) is 5.40. The van der Waals surface area contributed by atoms with E-state index >= 15 is 0 Å². The second kappa shape index (κ2) is 7.62. The van der Waals surface area contributed by atoms with Gasteiger partial charge in [0.05, 0.1) is 28.8 Å². The minimum atomic E-state index is -0.920. The molecule has 1 N–H and O–H groups in total. The molecule has 0 spiro atoms. The number of benzene rings is 2. The molecule has 0 aliphatic heterocycles. The van der Waals surface area contributed by atoms with Gasteiger partial charge in [0.15, 0.2) is 0 Å². The molecule has 0 unspecified atom stereocenters. The van der Waals surface area contributed by atoms with Crippen molar-refractivity contribution in [2.75, 3.05) is 6.61 Å². The summed E-state index contributed by atoms with van der Waals surface area (Å²) >= 11 is 17.7. The topological polar surface area (TPSA) is 64.4 Å². The number of aliphatic hydroxyl groups is 1. The maximum absolute atomic E-state index is 12.4. The highest BCUT2D eigenvalue weighted by Gasteiger charge is 2.12. The Labute approximate surface area is 158 Å². The Hall–Kier alpha value is -1.79. The molecule has 2 aromatic carbocycles. The lowest BCUT2D eigenvalue weighted by Gasteiger charge is -2.15. The van der Waals surface area contributed by atoms with Crippen LogP contribution >= 0.6 is 34.8 Å². The first-order valence-corrected chi connectivity index (χ1v) is 8.48. The fraction of sp³-hybridized carbons (Fsp3) is 0.176. The van der Waals surface area contributed by atoms with Crippen molar-refractivity contribution in [3.8, 4) is 5.75 Å². The Balaban J connectivity index is 1.71. The number of halogens is 3. The number of ether oxygens (including phenoxy) is 1. The molecule has 130 valence electrons. The van der Waals surface area contributed by atoms with Crippen molar-refractivity contribution in [1.29, 1.82) is 0 Å². The molecule has 0 saturated carbocycles. The van der Waals surface area contributed by atoms with Crippen molar-refractivity contribution in [3.05, 3.63) is 68.1 Å². The number of hydrogen-bond donors (Lipinski definition) is 1. The zero-order valence-electron chi connectivity index (χ0n) is 12.8. The van der Waals surface area contributed by atoms with E-state index in [1.165, 1.54) is 10.9 Å². The molecule has 0 radical (unpaired) electrons. The van der Waals surface area contributed by atoms with Crippen LogP contribution in [0.4, 0.5) is 0 Å². The number of fused-ring (bicyclic) bond motifs is 1. The molecule has 8 heteroatoms. The van der Waals surface area contributed by atoms with Crippen LogP contribution in [0, 0.1) is 0 Å². The molecule has 0 aliphatic carbocycles. The largest absolute Gasteiger partial charge is 0.489 e. The van der Waals surface area contributed by atoms with Crippen molar-refractivity contribution in [3.63, 3.8) is 0 Å². The normalized spacial score (nSPS) is 12.3. The zero-order valence-corrected chi connectivity index (χ0v) is 15.1. The van der Waals surface area contributed by atoms with E-state index in [0.29, 0.717) is 31.7 Å². The lowest BCUT2D eigenvalue weighted by molar-refractivity contribution is 0.0915. The molecule has 0 aliphatic rings. The first-order chi connectivity index (χ1) is 11.9. The predicted molar refractivity (Wildman–Crippen MR) is 99.0 cm³/mol. The highest BCUT2D eigenvalue weighted by molar-refractivity contribution is 6.35. The molecule has 0 saturated heterocycles. The van der Waals surface area contributed by atoms with Gasteiger partial charge < -0.3 is 9.84 Å². The van der Waals surface area contributed by atoms with Crippen molar-refractivity contribution in [2.24, 2.45) is 0 Å². The molecule has 25 heavy (non-hydrogen) atoms. The van der Waals surface area contributed by atoms with E-state index in [4.69, 9.17) is 39.5 Å². The van der Waals surface area contributed by atoms with Gasteiger partial charge in [0.25, 0.3) is 5.56 Å². The Morgan fingerprint density at radius 2 is 1.84 bits per heavy atom. The minimum Gasteiger partial charge on any atom is -0.489 e. The van der Waals surface area contributed by atoms with Crippen molar-refractivity contribution >= 4 is 45.7 Å². The molecule has 1 atom stereocenters. The standard InChI is InChI=1S/C17H13Cl3N2O3/c18-10-2-4-16(14(20)5-10)25-8-12(23)7-22-9-21-15-6-11(19)1-3-13(15)17(22)24/h1-6,9,12,23H,7-8H2/t12-/m0/s1. The Bertz CT molecular complexity index is 975. The van der Waals surface area contributed by atoms with Gasteiger partial charge in [-0.25, -0.2) is 4.98 Å². The molecule has 5 nitrogen and oxygen atoms in total. The van der Waals surface area contributed by atoms with Gasteiger partial charge in [-0.05, 0) is 36.4 Å². The van der Waals surface area contributed by atoms with Crippen molar-refractivity contribution in [2.45, 2.75) is 12.6 Å². The van der Waals surface area contributed by atoms with Crippen LogP contribution in [0.5, 0.6) is 5.75 Å². The van der Waals surface area contributed by atoms with E-state index in [0.717, 1.165) is 0 Å². The van der Waals surface area contributed by atoms with Crippen LogP contribution in [-0.2, 0) is 6.54 Å². The quantitative estimate of drug-likeness (QED) is 0.709. The molecule has 0 fully saturated rings. The van der Waals surface area contributed by atoms with Gasteiger partial charge in [0, 0.05) is 10.0 Å². The van der Waals surface area contributed by atoms with E-state index in [1.807, 2.05) is 0 Å². The smallest absolute Gasteiger partial charge is 0.261 e. The fourth-order valence-corrected chi connectivity index (χ4v) is 2.95. The summed E-state index contributed by atoms with van der Waals surface area (Å²) in [6.07, 6.45) is 0.454. The summed E-state index contributed by atoms with van der Waals surface area (Å²) in [4.78, 5) is 16.6. The van der Waals surface area contributed by atoms with Crippen LogP contribution in [0.2, 0.25) is 15.1 Å². The third-order valence-electron chi connectivity index (χ3n) is 3.52. The number of aromatic nitrogens is 2. The van der Waals surface area contributed by atoms with E-state index in [2.05, 4.69) is 4.98 Å². The first kappa shape index (κ1) is 18.0. The van der Waals surface area contributed by atoms with Crippen LogP contribution in [0.15, 0.2) is 47.5 Å². The van der Waals surface area contributed by atoms with Crippen LogP contribution < -0.4 is 10.3 Å². The highest BCUT2D eigenvalue weighted by atomic mass is 35.5. The van der Waals surface area contributed by atoms with E-state index in [1.54, 1.807) is 36.4 Å². The van der Waals surface area contributed by atoms with Crippen molar-refractivity contribution < 1.29 is 9.84 Å². The zero-order chi connectivity index (χ0) is 18.0. The van der Waals surface area contributed by atoms with Crippen molar-refractivity contribution in [1.82, 2.24) is 9.55 Å². The van der Waals surface area contributed by atoms with E-state index in [9.17, 15) is 9.90 Å². The average Bonchev–Trinajstić information content (AvgIpc) is 2.56. The van der Waals surface area contributed by atoms with Crippen LogP contribution in [0.3, 0.4) is 0 Å². The monoisotopic (exact) mass is 398 g/mol. The molecular formula is C17H13Cl3N2O3. The van der Waals surface area contributed by atoms with Crippen LogP contribution in [0.25, 0.3) is 10.9 Å². The predicted octanol–water partition coefficient (Wildman–Crippen LogP) is 3.80. The number of nitrogens with zero attached hydrogens (tertiary/aromatic N) is 2. The Kier molecular flexibility index (Phi) is 5.49.